The van der Waals surface area contributed by atoms with Crippen LogP contribution < -0.4 is 10.0 Å². The molecule has 1 unspecified atom stereocenters. The van der Waals surface area contributed by atoms with Gasteiger partial charge in [0.1, 0.15) is 0 Å². The van der Waals surface area contributed by atoms with Crippen LogP contribution in [0.3, 0.4) is 0 Å². The molecule has 1 fully saturated rings. The van der Waals surface area contributed by atoms with Crippen LogP contribution in [0.4, 0.5) is 5.69 Å². The maximum absolute atomic E-state index is 12.5. The van der Waals surface area contributed by atoms with Crippen molar-refractivity contribution in [3.05, 3.63) is 29.8 Å². The van der Waals surface area contributed by atoms with E-state index in [4.69, 9.17) is 4.74 Å². The van der Waals surface area contributed by atoms with E-state index in [0.29, 0.717) is 31.7 Å². The molecule has 1 aliphatic rings. The highest BCUT2D eigenvalue weighted by atomic mass is 32.2. The molecular formula is C15H24N2O3S. The Balaban J connectivity index is 2.18. The lowest BCUT2D eigenvalue weighted by Gasteiger charge is -2.24. The first kappa shape index (κ1) is 16.3. The van der Waals surface area contributed by atoms with E-state index in [0.717, 1.165) is 12.1 Å². The Labute approximate surface area is 127 Å². The molecule has 1 aromatic rings. The molecule has 0 aromatic heterocycles. The molecule has 1 aliphatic heterocycles. The van der Waals surface area contributed by atoms with Gasteiger partial charge >= 0.3 is 0 Å². The molecule has 0 spiro atoms. The van der Waals surface area contributed by atoms with Crippen LogP contribution in [0.15, 0.2) is 24.3 Å². The van der Waals surface area contributed by atoms with Gasteiger partial charge in [0.2, 0.25) is 10.0 Å². The van der Waals surface area contributed by atoms with E-state index in [-0.39, 0.29) is 11.3 Å². The van der Waals surface area contributed by atoms with Crippen molar-refractivity contribution in [3.63, 3.8) is 0 Å². The highest BCUT2D eigenvalue weighted by molar-refractivity contribution is 7.93. The lowest BCUT2D eigenvalue weighted by molar-refractivity contribution is 0.0984. The number of rotatable bonds is 6. The molecule has 1 heterocycles. The molecule has 1 aromatic carbocycles. The second-order valence-corrected chi connectivity index (χ2v) is 7.29. The number of hydrogen-bond acceptors (Lipinski definition) is 4. The van der Waals surface area contributed by atoms with Crippen molar-refractivity contribution in [2.24, 2.45) is 0 Å². The summed E-state index contributed by atoms with van der Waals surface area (Å²) in [7, 11) is -3.37. The van der Waals surface area contributed by atoms with E-state index in [9.17, 15) is 8.42 Å². The van der Waals surface area contributed by atoms with Crippen LogP contribution >= 0.6 is 0 Å². The van der Waals surface area contributed by atoms with Crippen LogP contribution in [-0.4, -0.2) is 33.4 Å². The van der Waals surface area contributed by atoms with Crippen molar-refractivity contribution in [1.82, 2.24) is 5.32 Å². The Morgan fingerprint density at radius 1 is 1.29 bits per heavy atom. The zero-order valence-corrected chi connectivity index (χ0v) is 13.4. The zero-order valence-electron chi connectivity index (χ0n) is 12.6. The highest BCUT2D eigenvalue weighted by Gasteiger charge is 2.28. The molecule has 6 heteroatoms. The Bertz CT molecular complexity index is 554. The molecule has 2 N–H and O–H groups in total. The molecule has 5 nitrogen and oxygen atoms in total. The van der Waals surface area contributed by atoms with Gasteiger partial charge in [-0.1, -0.05) is 25.1 Å². The molecular weight excluding hydrogens is 288 g/mol. The molecule has 0 radical (unpaired) electrons. The third-order valence-electron chi connectivity index (χ3n) is 3.80. The normalized spacial score (nSPS) is 18.4. The van der Waals surface area contributed by atoms with Gasteiger partial charge in [-0.15, -0.1) is 0 Å². The lowest BCUT2D eigenvalue weighted by atomic mass is 10.1. The minimum Gasteiger partial charge on any atom is -0.381 e. The number of benzene rings is 1. The van der Waals surface area contributed by atoms with Gasteiger partial charge in [0.05, 0.1) is 10.9 Å². The van der Waals surface area contributed by atoms with Gasteiger partial charge in [-0.05, 0) is 37.9 Å². The standard InChI is InChI=1S/C15H24N2O3S/c1-3-16-12(2)14-6-4-5-7-15(14)17-21(18,19)13-8-10-20-11-9-13/h4-7,12-13,16-17H,3,8-11H2,1-2H3. The number of nitrogens with one attached hydrogen (secondary N) is 2. The minimum absolute atomic E-state index is 0.101. The summed E-state index contributed by atoms with van der Waals surface area (Å²) in [5.74, 6) is 0. The first-order chi connectivity index (χ1) is 10.0. The second kappa shape index (κ2) is 7.24. The van der Waals surface area contributed by atoms with Gasteiger partial charge in [0, 0.05) is 19.3 Å². The van der Waals surface area contributed by atoms with Crippen LogP contribution in [0.5, 0.6) is 0 Å². The summed E-state index contributed by atoms with van der Waals surface area (Å²) < 4.78 is 33.0. The summed E-state index contributed by atoms with van der Waals surface area (Å²) in [5, 5.41) is 2.95. The molecule has 0 bridgehead atoms. The molecule has 0 aliphatic carbocycles. The first-order valence-electron chi connectivity index (χ1n) is 7.46. The smallest absolute Gasteiger partial charge is 0.235 e. The predicted octanol–water partition coefficient (Wildman–Crippen LogP) is 2.28. The molecule has 1 atom stereocenters. The second-order valence-electron chi connectivity index (χ2n) is 5.33. The summed E-state index contributed by atoms with van der Waals surface area (Å²) in [6.45, 7) is 5.93. The molecule has 0 saturated carbocycles. The maximum Gasteiger partial charge on any atom is 0.235 e. The number of sulfonamides is 1. The largest absolute Gasteiger partial charge is 0.381 e. The quantitative estimate of drug-likeness (QED) is 0.845. The zero-order chi connectivity index (χ0) is 15.3. The molecule has 118 valence electrons. The van der Waals surface area contributed by atoms with Crippen LogP contribution in [0.25, 0.3) is 0 Å². The minimum atomic E-state index is -3.37. The number of ether oxygens (including phenoxy) is 1. The number of para-hydroxylation sites is 1. The third kappa shape index (κ3) is 4.18. The van der Waals surface area contributed by atoms with E-state index in [2.05, 4.69) is 10.0 Å². The van der Waals surface area contributed by atoms with Gasteiger partial charge in [-0.25, -0.2) is 8.42 Å². The van der Waals surface area contributed by atoms with Gasteiger partial charge in [0.15, 0.2) is 0 Å². The number of hydrogen-bond donors (Lipinski definition) is 2. The van der Waals surface area contributed by atoms with Crippen molar-refractivity contribution in [1.29, 1.82) is 0 Å². The summed E-state index contributed by atoms with van der Waals surface area (Å²) in [4.78, 5) is 0. The van der Waals surface area contributed by atoms with Crippen molar-refractivity contribution < 1.29 is 13.2 Å². The van der Waals surface area contributed by atoms with Crippen molar-refractivity contribution in [3.8, 4) is 0 Å². The van der Waals surface area contributed by atoms with Crippen LogP contribution in [-0.2, 0) is 14.8 Å². The Kier molecular flexibility index (Phi) is 5.61. The van der Waals surface area contributed by atoms with E-state index >= 15 is 0 Å². The van der Waals surface area contributed by atoms with E-state index < -0.39 is 10.0 Å². The fourth-order valence-corrected chi connectivity index (χ4v) is 4.08. The predicted molar refractivity (Wildman–Crippen MR) is 84.9 cm³/mol. The molecule has 0 amide bonds. The Hall–Kier alpha value is -1.11. The van der Waals surface area contributed by atoms with Gasteiger partial charge < -0.3 is 10.1 Å². The van der Waals surface area contributed by atoms with Gasteiger partial charge in [-0.2, -0.15) is 0 Å². The van der Waals surface area contributed by atoms with Gasteiger partial charge in [-0.3, -0.25) is 4.72 Å². The first-order valence-corrected chi connectivity index (χ1v) is 9.01. The van der Waals surface area contributed by atoms with Crippen molar-refractivity contribution in [2.75, 3.05) is 24.5 Å². The fourth-order valence-electron chi connectivity index (χ4n) is 2.61. The van der Waals surface area contributed by atoms with Crippen molar-refractivity contribution in [2.45, 2.75) is 38.0 Å². The van der Waals surface area contributed by atoms with E-state index in [1.807, 2.05) is 38.1 Å². The average Bonchev–Trinajstić information content (AvgIpc) is 2.48. The Morgan fingerprint density at radius 3 is 2.62 bits per heavy atom. The van der Waals surface area contributed by atoms with Crippen molar-refractivity contribution >= 4 is 15.7 Å². The molecule has 21 heavy (non-hydrogen) atoms. The maximum atomic E-state index is 12.5. The van der Waals surface area contributed by atoms with Crippen LogP contribution in [0, 0.1) is 0 Å². The summed E-state index contributed by atoms with van der Waals surface area (Å²) in [6.07, 6.45) is 1.11. The van der Waals surface area contributed by atoms with Gasteiger partial charge in [0.25, 0.3) is 0 Å². The lowest BCUT2D eigenvalue weighted by Crippen LogP contribution is -2.33. The average molecular weight is 312 g/mol. The Morgan fingerprint density at radius 2 is 1.95 bits per heavy atom. The highest BCUT2D eigenvalue weighted by Crippen LogP contribution is 2.26. The fraction of sp³-hybridized carbons (Fsp3) is 0.600. The van der Waals surface area contributed by atoms with E-state index in [1.54, 1.807) is 0 Å². The molecule has 2 rings (SSSR count). The van der Waals surface area contributed by atoms with Crippen LogP contribution in [0.2, 0.25) is 0 Å². The summed E-state index contributed by atoms with van der Waals surface area (Å²) >= 11 is 0. The summed E-state index contributed by atoms with van der Waals surface area (Å²) in [5.41, 5.74) is 1.63. The molecule has 1 saturated heterocycles. The third-order valence-corrected chi connectivity index (χ3v) is 5.65. The monoisotopic (exact) mass is 312 g/mol. The SMILES string of the molecule is CCNC(C)c1ccccc1NS(=O)(=O)C1CCOCC1. The summed E-state index contributed by atoms with van der Waals surface area (Å²) in [6, 6.07) is 7.65. The number of anilines is 1. The van der Waals surface area contributed by atoms with E-state index in [1.165, 1.54) is 0 Å². The topological polar surface area (TPSA) is 67.4 Å². The van der Waals surface area contributed by atoms with Crippen LogP contribution in [0.1, 0.15) is 38.3 Å².